The monoisotopic (exact) mass is 242 g/mol. The number of sulfonamides is 1. The molecule has 0 atom stereocenters. The molecule has 4 nitrogen and oxygen atoms in total. The molecule has 0 heterocycles. The fraction of sp³-hybridized carbons (Fsp3) is 0.455. The fourth-order valence-electron chi connectivity index (χ4n) is 1.30. The lowest BCUT2D eigenvalue weighted by molar-refractivity contribution is 0.491. The van der Waals surface area contributed by atoms with E-state index in [4.69, 9.17) is 5.73 Å². The molecule has 0 saturated heterocycles. The Morgan fingerprint density at radius 1 is 1.31 bits per heavy atom. The van der Waals surface area contributed by atoms with Crippen LogP contribution >= 0.6 is 0 Å². The lowest BCUT2D eigenvalue weighted by Crippen LogP contribution is -2.40. The van der Waals surface area contributed by atoms with E-state index < -0.39 is 15.6 Å². The van der Waals surface area contributed by atoms with Gasteiger partial charge in [-0.3, -0.25) is 0 Å². The standard InChI is InChI=1S/C11H18N2O2S/c1-11(2,3)13-16(14,15)10-6-4-5-9(7-10)8-12/h4-7,13H,8,12H2,1-3H3. The molecule has 0 aromatic heterocycles. The molecule has 0 aliphatic carbocycles. The lowest BCUT2D eigenvalue weighted by Gasteiger charge is -2.20. The first kappa shape index (κ1) is 13.2. The number of rotatable bonds is 3. The van der Waals surface area contributed by atoms with Crippen LogP contribution in [0.5, 0.6) is 0 Å². The van der Waals surface area contributed by atoms with Crippen LogP contribution in [0.4, 0.5) is 0 Å². The molecule has 0 aliphatic rings. The molecular weight excluding hydrogens is 224 g/mol. The summed E-state index contributed by atoms with van der Waals surface area (Å²) < 4.78 is 26.5. The van der Waals surface area contributed by atoms with Crippen molar-refractivity contribution < 1.29 is 8.42 Å². The fourth-order valence-corrected chi connectivity index (χ4v) is 2.79. The van der Waals surface area contributed by atoms with Crippen LogP contribution in [0.25, 0.3) is 0 Å². The summed E-state index contributed by atoms with van der Waals surface area (Å²) in [5.74, 6) is 0. The number of hydrogen-bond donors (Lipinski definition) is 2. The summed E-state index contributed by atoms with van der Waals surface area (Å²) in [7, 11) is -3.46. The maximum absolute atomic E-state index is 12.0. The molecule has 16 heavy (non-hydrogen) atoms. The van der Waals surface area contributed by atoms with E-state index in [-0.39, 0.29) is 4.90 Å². The Bertz CT molecular complexity index is 461. The van der Waals surface area contributed by atoms with Crippen LogP contribution in [-0.4, -0.2) is 14.0 Å². The highest BCUT2D eigenvalue weighted by Crippen LogP contribution is 2.14. The molecule has 0 radical (unpaired) electrons. The number of nitrogens with one attached hydrogen (secondary N) is 1. The van der Waals surface area contributed by atoms with E-state index in [1.54, 1.807) is 45.0 Å². The largest absolute Gasteiger partial charge is 0.326 e. The SMILES string of the molecule is CC(C)(C)NS(=O)(=O)c1cccc(CN)c1. The summed E-state index contributed by atoms with van der Waals surface area (Å²) in [4.78, 5) is 0.255. The van der Waals surface area contributed by atoms with Crippen LogP contribution in [0.3, 0.4) is 0 Å². The molecule has 90 valence electrons. The van der Waals surface area contributed by atoms with Gasteiger partial charge in [-0.05, 0) is 38.5 Å². The molecule has 0 aliphatic heterocycles. The smallest absolute Gasteiger partial charge is 0.241 e. The van der Waals surface area contributed by atoms with Gasteiger partial charge >= 0.3 is 0 Å². The van der Waals surface area contributed by atoms with Gasteiger partial charge in [-0.15, -0.1) is 0 Å². The molecule has 0 saturated carbocycles. The van der Waals surface area contributed by atoms with Crippen LogP contribution in [0.2, 0.25) is 0 Å². The van der Waals surface area contributed by atoms with E-state index in [0.717, 1.165) is 5.56 Å². The second-order valence-corrected chi connectivity index (χ2v) is 6.39. The molecule has 3 N–H and O–H groups in total. The van der Waals surface area contributed by atoms with Crippen molar-refractivity contribution in [1.29, 1.82) is 0 Å². The molecule has 1 aromatic carbocycles. The lowest BCUT2D eigenvalue weighted by atomic mass is 10.1. The highest BCUT2D eigenvalue weighted by Gasteiger charge is 2.21. The van der Waals surface area contributed by atoms with Crippen LogP contribution in [0, 0.1) is 0 Å². The number of hydrogen-bond acceptors (Lipinski definition) is 3. The third-order valence-corrected chi connectivity index (χ3v) is 3.64. The van der Waals surface area contributed by atoms with E-state index in [1.807, 2.05) is 0 Å². The first-order valence-corrected chi connectivity index (χ1v) is 6.56. The van der Waals surface area contributed by atoms with Crippen molar-refractivity contribution in [2.45, 2.75) is 37.8 Å². The van der Waals surface area contributed by atoms with Gasteiger partial charge in [0.15, 0.2) is 0 Å². The van der Waals surface area contributed by atoms with Crippen molar-refractivity contribution in [2.75, 3.05) is 0 Å². The summed E-state index contributed by atoms with van der Waals surface area (Å²) in [6.45, 7) is 5.74. The normalized spacial score (nSPS) is 12.8. The third kappa shape index (κ3) is 3.59. The van der Waals surface area contributed by atoms with Gasteiger partial charge in [0.2, 0.25) is 10.0 Å². The summed E-state index contributed by atoms with van der Waals surface area (Å²) in [5, 5.41) is 0. The molecular formula is C11H18N2O2S. The number of benzene rings is 1. The minimum absolute atomic E-state index is 0.255. The van der Waals surface area contributed by atoms with E-state index in [2.05, 4.69) is 4.72 Å². The van der Waals surface area contributed by atoms with Crippen LogP contribution in [0.1, 0.15) is 26.3 Å². The van der Waals surface area contributed by atoms with Gasteiger partial charge in [0.05, 0.1) is 4.90 Å². The summed E-state index contributed by atoms with van der Waals surface area (Å²) in [6.07, 6.45) is 0. The van der Waals surface area contributed by atoms with Crippen molar-refractivity contribution in [3.8, 4) is 0 Å². The van der Waals surface area contributed by atoms with Crippen LogP contribution in [-0.2, 0) is 16.6 Å². The Labute approximate surface area is 96.9 Å². The minimum atomic E-state index is -3.46. The highest BCUT2D eigenvalue weighted by atomic mass is 32.2. The van der Waals surface area contributed by atoms with Crippen molar-refractivity contribution >= 4 is 10.0 Å². The Balaban J connectivity index is 3.08. The minimum Gasteiger partial charge on any atom is -0.326 e. The van der Waals surface area contributed by atoms with Gasteiger partial charge in [-0.2, -0.15) is 0 Å². The van der Waals surface area contributed by atoms with Crippen molar-refractivity contribution in [3.63, 3.8) is 0 Å². The zero-order chi connectivity index (χ0) is 12.4. The average Bonchev–Trinajstić information content (AvgIpc) is 2.14. The van der Waals surface area contributed by atoms with Gasteiger partial charge in [-0.25, -0.2) is 13.1 Å². The van der Waals surface area contributed by atoms with Crippen molar-refractivity contribution in [3.05, 3.63) is 29.8 Å². The summed E-state index contributed by atoms with van der Waals surface area (Å²) in [6, 6.07) is 6.65. The molecule has 0 bridgehead atoms. The molecule has 5 heteroatoms. The van der Waals surface area contributed by atoms with Gasteiger partial charge in [-0.1, -0.05) is 12.1 Å². The molecule has 0 fully saturated rings. The second-order valence-electron chi connectivity index (χ2n) is 4.71. The van der Waals surface area contributed by atoms with E-state index in [9.17, 15) is 8.42 Å². The van der Waals surface area contributed by atoms with Gasteiger partial charge in [0, 0.05) is 12.1 Å². The Hall–Kier alpha value is -0.910. The van der Waals surface area contributed by atoms with Gasteiger partial charge in [0.1, 0.15) is 0 Å². The van der Waals surface area contributed by atoms with E-state index in [0.29, 0.717) is 6.54 Å². The quantitative estimate of drug-likeness (QED) is 0.837. The number of nitrogens with two attached hydrogens (primary N) is 1. The highest BCUT2D eigenvalue weighted by molar-refractivity contribution is 7.89. The second kappa shape index (κ2) is 4.53. The van der Waals surface area contributed by atoms with Crippen molar-refractivity contribution in [1.82, 2.24) is 4.72 Å². The predicted octanol–water partition coefficient (Wildman–Crippen LogP) is 1.22. The molecule has 0 unspecified atom stereocenters. The maximum Gasteiger partial charge on any atom is 0.241 e. The molecule has 0 amide bonds. The average molecular weight is 242 g/mol. The van der Waals surface area contributed by atoms with Crippen LogP contribution < -0.4 is 10.5 Å². The molecule has 1 aromatic rings. The Kier molecular flexibility index (Phi) is 3.72. The Morgan fingerprint density at radius 2 is 1.94 bits per heavy atom. The van der Waals surface area contributed by atoms with Crippen molar-refractivity contribution in [2.24, 2.45) is 5.73 Å². The topological polar surface area (TPSA) is 72.2 Å². The first-order chi connectivity index (χ1) is 7.24. The molecule has 0 spiro atoms. The van der Waals surface area contributed by atoms with Gasteiger partial charge < -0.3 is 5.73 Å². The summed E-state index contributed by atoms with van der Waals surface area (Å²) in [5.41, 5.74) is 5.79. The third-order valence-electron chi connectivity index (χ3n) is 1.89. The van der Waals surface area contributed by atoms with E-state index >= 15 is 0 Å². The first-order valence-electron chi connectivity index (χ1n) is 5.07. The van der Waals surface area contributed by atoms with E-state index in [1.165, 1.54) is 0 Å². The van der Waals surface area contributed by atoms with Crippen LogP contribution in [0.15, 0.2) is 29.2 Å². The molecule has 1 rings (SSSR count). The predicted molar refractivity (Wildman–Crippen MR) is 64.4 cm³/mol. The summed E-state index contributed by atoms with van der Waals surface area (Å²) >= 11 is 0. The Morgan fingerprint density at radius 3 is 2.44 bits per heavy atom. The van der Waals surface area contributed by atoms with Gasteiger partial charge in [0.25, 0.3) is 0 Å². The maximum atomic E-state index is 12.0. The zero-order valence-electron chi connectivity index (χ0n) is 9.82. The zero-order valence-corrected chi connectivity index (χ0v) is 10.6.